The van der Waals surface area contributed by atoms with Crippen LogP contribution in [0.2, 0.25) is 0 Å². The van der Waals surface area contributed by atoms with E-state index in [9.17, 15) is 14.4 Å². The van der Waals surface area contributed by atoms with Gasteiger partial charge in [-0.15, -0.1) is 0 Å². The Kier molecular flexibility index (Phi) is 4.75. The van der Waals surface area contributed by atoms with Crippen molar-refractivity contribution in [2.45, 2.75) is 13.8 Å². The average molecular weight is 311 g/mol. The van der Waals surface area contributed by atoms with E-state index in [2.05, 4.69) is 5.32 Å². The van der Waals surface area contributed by atoms with Gasteiger partial charge in [-0.05, 0) is 37.1 Å². The second kappa shape index (κ2) is 6.74. The molecule has 0 radical (unpaired) electrons. The van der Waals surface area contributed by atoms with Crippen molar-refractivity contribution in [2.75, 3.05) is 11.1 Å². The number of para-hydroxylation sites is 2. The smallest absolute Gasteiger partial charge is 0.316 e. The van der Waals surface area contributed by atoms with Gasteiger partial charge in [-0.1, -0.05) is 30.3 Å². The zero-order chi connectivity index (χ0) is 17.0. The summed E-state index contributed by atoms with van der Waals surface area (Å²) in [5.41, 5.74) is 8.24. The summed E-state index contributed by atoms with van der Waals surface area (Å²) in [6.07, 6.45) is 0. The fourth-order valence-electron chi connectivity index (χ4n) is 2.11. The minimum Gasteiger partial charge on any atom is -0.398 e. The molecule has 2 rings (SSSR count). The Morgan fingerprint density at radius 3 is 2.09 bits per heavy atom. The van der Waals surface area contributed by atoms with Crippen molar-refractivity contribution >= 4 is 29.1 Å². The van der Waals surface area contributed by atoms with E-state index in [0.29, 0.717) is 5.69 Å². The first-order chi connectivity index (χ1) is 10.9. The fraction of sp³-hybridized carbons (Fsp3) is 0.118. The lowest BCUT2D eigenvalue weighted by Crippen LogP contribution is -2.39. The van der Waals surface area contributed by atoms with Crippen LogP contribution in [0.3, 0.4) is 0 Å². The number of amides is 3. The molecule has 0 aliphatic carbocycles. The van der Waals surface area contributed by atoms with E-state index < -0.39 is 17.7 Å². The monoisotopic (exact) mass is 311 g/mol. The molecule has 23 heavy (non-hydrogen) atoms. The van der Waals surface area contributed by atoms with E-state index in [-0.39, 0.29) is 11.3 Å². The molecule has 0 aliphatic rings. The van der Waals surface area contributed by atoms with Crippen molar-refractivity contribution in [3.05, 3.63) is 59.2 Å². The summed E-state index contributed by atoms with van der Waals surface area (Å²) in [7, 11) is 0. The van der Waals surface area contributed by atoms with Crippen molar-refractivity contribution in [1.29, 1.82) is 0 Å². The molecule has 0 saturated carbocycles. The molecule has 0 heterocycles. The number of hydrogen-bond acceptors (Lipinski definition) is 4. The maximum Gasteiger partial charge on any atom is 0.316 e. The molecule has 0 aromatic heterocycles. The molecule has 118 valence electrons. The predicted molar refractivity (Wildman–Crippen MR) is 87.9 cm³/mol. The lowest BCUT2D eigenvalue weighted by atomic mass is 10.1. The van der Waals surface area contributed by atoms with E-state index >= 15 is 0 Å². The van der Waals surface area contributed by atoms with E-state index in [0.717, 1.165) is 11.1 Å². The molecule has 0 spiro atoms. The Morgan fingerprint density at radius 1 is 0.870 bits per heavy atom. The molecule has 0 saturated heterocycles. The van der Waals surface area contributed by atoms with Crippen LogP contribution in [0.15, 0.2) is 42.5 Å². The Morgan fingerprint density at radius 2 is 1.48 bits per heavy atom. The third-order valence-corrected chi connectivity index (χ3v) is 3.36. The van der Waals surface area contributed by atoms with Crippen molar-refractivity contribution in [3.8, 4) is 0 Å². The normalized spacial score (nSPS) is 10.0. The zero-order valence-corrected chi connectivity index (χ0v) is 12.8. The van der Waals surface area contributed by atoms with E-state index in [1.807, 2.05) is 37.4 Å². The topological polar surface area (TPSA) is 101 Å². The molecule has 3 amide bonds. The number of anilines is 2. The molecule has 6 heteroatoms. The highest BCUT2D eigenvalue weighted by Crippen LogP contribution is 2.19. The van der Waals surface area contributed by atoms with Gasteiger partial charge in [-0.2, -0.15) is 0 Å². The number of nitrogens with two attached hydrogens (primary N) is 1. The van der Waals surface area contributed by atoms with E-state index in [1.165, 1.54) is 12.1 Å². The van der Waals surface area contributed by atoms with Crippen LogP contribution >= 0.6 is 0 Å². The van der Waals surface area contributed by atoms with Gasteiger partial charge < -0.3 is 11.1 Å². The summed E-state index contributed by atoms with van der Waals surface area (Å²) in [4.78, 5) is 35.8. The van der Waals surface area contributed by atoms with Gasteiger partial charge in [0.15, 0.2) is 0 Å². The van der Waals surface area contributed by atoms with Gasteiger partial charge in [0.1, 0.15) is 0 Å². The SMILES string of the molecule is Cc1cccc(C)c1NC(=O)C(=O)NC(=O)c1ccccc1N. The molecular weight excluding hydrogens is 294 g/mol. The second-order valence-corrected chi connectivity index (χ2v) is 5.09. The number of nitrogen functional groups attached to an aromatic ring is 1. The van der Waals surface area contributed by atoms with Gasteiger partial charge in [-0.25, -0.2) is 0 Å². The van der Waals surface area contributed by atoms with Crippen molar-refractivity contribution in [1.82, 2.24) is 5.32 Å². The van der Waals surface area contributed by atoms with Gasteiger partial charge in [0.25, 0.3) is 5.91 Å². The highest BCUT2D eigenvalue weighted by molar-refractivity contribution is 6.42. The summed E-state index contributed by atoms with van der Waals surface area (Å²) in [5.74, 6) is -2.67. The molecule has 0 aliphatic heterocycles. The fourth-order valence-corrected chi connectivity index (χ4v) is 2.11. The number of carbonyl (C=O) groups is 3. The van der Waals surface area contributed by atoms with Gasteiger partial charge in [0, 0.05) is 11.4 Å². The van der Waals surface area contributed by atoms with Crippen LogP contribution in [-0.4, -0.2) is 17.7 Å². The minimum absolute atomic E-state index is 0.140. The average Bonchev–Trinajstić information content (AvgIpc) is 2.51. The molecule has 2 aromatic rings. The van der Waals surface area contributed by atoms with Crippen molar-refractivity contribution < 1.29 is 14.4 Å². The number of imide groups is 1. The Balaban J connectivity index is 2.08. The highest BCUT2D eigenvalue weighted by Gasteiger charge is 2.20. The summed E-state index contributed by atoms with van der Waals surface area (Å²) < 4.78 is 0. The second-order valence-electron chi connectivity index (χ2n) is 5.09. The Bertz CT molecular complexity index is 764. The standard InChI is InChI=1S/C17H17N3O3/c1-10-6-5-7-11(2)14(10)19-16(22)17(23)20-15(21)12-8-3-4-9-13(12)18/h3-9H,18H2,1-2H3,(H,19,22)(H,20,21,23). The van der Waals surface area contributed by atoms with Crippen LogP contribution in [0.25, 0.3) is 0 Å². The number of rotatable bonds is 2. The Hall–Kier alpha value is -3.15. The Labute approximate surface area is 133 Å². The van der Waals surface area contributed by atoms with Crippen LogP contribution in [-0.2, 0) is 9.59 Å². The highest BCUT2D eigenvalue weighted by atomic mass is 16.2. The first-order valence-corrected chi connectivity index (χ1v) is 6.97. The third kappa shape index (κ3) is 3.74. The van der Waals surface area contributed by atoms with Gasteiger partial charge >= 0.3 is 11.8 Å². The van der Waals surface area contributed by atoms with Gasteiger partial charge in [-0.3, -0.25) is 19.7 Å². The van der Waals surface area contributed by atoms with Crippen molar-refractivity contribution in [2.24, 2.45) is 0 Å². The summed E-state index contributed by atoms with van der Waals surface area (Å²) in [6, 6.07) is 11.8. The first kappa shape index (κ1) is 16.2. The number of benzene rings is 2. The molecular formula is C17H17N3O3. The molecule has 6 nitrogen and oxygen atoms in total. The van der Waals surface area contributed by atoms with E-state index in [4.69, 9.17) is 5.73 Å². The molecule has 0 fully saturated rings. The quantitative estimate of drug-likeness (QED) is 0.581. The number of aryl methyl sites for hydroxylation is 2. The lowest BCUT2D eigenvalue weighted by Gasteiger charge is -2.11. The van der Waals surface area contributed by atoms with Crippen LogP contribution in [0.4, 0.5) is 11.4 Å². The number of carbonyl (C=O) groups excluding carboxylic acids is 3. The largest absolute Gasteiger partial charge is 0.398 e. The third-order valence-electron chi connectivity index (χ3n) is 3.36. The molecule has 0 unspecified atom stereocenters. The van der Waals surface area contributed by atoms with Crippen LogP contribution in [0.1, 0.15) is 21.5 Å². The summed E-state index contributed by atoms with van der Waals surface area (Å²) in [5, 5.41) is 4.54. The molecule has 2 aromatic carbocycles. The van der Waals surface area contributed by atoms with Crippen LogP contribution in [0, 0.1) is 13.8 Å². The lowest BCUT2D eigenvalue weighted by molar-refractivity contribution is -0.135. The minimum atomic E-state index is -1.04. The maximum atomic E-state index is 12.0. The van der Waals surface area contributed by atoms with Gasteiger partial charge in [0.05, 0.1) is 5.56 Å². The van der Waals surface area contributed by atoms with E-state index in [1.54, 1.807) is 12.1 Å². The molecule has 0 bridgehead atoms. The van der Waals surface area contributed by atoms with Crippen LogP contribution in [0.5, 0.6) is 0 Å². The zero-order valence-electron chi connectivity index (χ0n) is 12.8. The first-order valence-electron chi connectivity index (χ1n) is 6.97. The van der Waals surface area contributed by atoms with Crippen LogP contribution < -0.4 is 16.4 Å². The summed E-state index contributed by atoms with van der Waals surface area (Å²) >= 11 is 0. The molecule has 4 N–H and O–H groups in total. The number of hydrogen-bond donors (Lipinski definition) is 3. The predicted octanol–water partition coefficient (Wildman–Crippen LogP) is 1.78. The maximum absolute atomic E-state index is 12.0. The molecule has 0 atom stereocenters. The number of nitrogens with one attached hydrogen (secondary N) is 2. The van der Waals surface area contributed by atoms with Gasteiger partial charge in [0.2, 0.25) is 0 Å². The van der Waals surface area contributed by atoms with Crippen molar-refractivity contribution in [3.63, 3.8) is 0 Å². The summed E-state index contributed by atoms with van der Waals surface area (Å²) in [6.45, 7) is 3.63.